The van der Waals surface area contributed by atoms with Gasteiger partial charge in [-0.05, 0) is 23.0 Å². The van der Waals surface area contributed by atoms with E-state index in [9.17, 15) is 5.11 Å². The number of phenols is 1. The Hall–Kier alpha value is -0.280. The summed E-state index contributed by atoms with van der Waals surface area (Å²) in [4.78, 5) is 1.99. The average Bonchev–Trinajstić information content (AvgIpc) is 2.23. The van der Waals surface area contributed by atoms with Gasteiger partial charge in [0.1, 0.15) is 5.75 Å². The predicted octanol–water partition coefficient (Wildman–Crippen LogP) is 5.67. The van der Waals surface area contributed by atoms with Crippen LogP contribution in [-0.2, 0) is 0 Å². The quantitative estimate of drug-likeness (QED) is 0.723. The van der Waals surface area contributed by atoms with Crippen molar-refractivity contribution in [1.29, 1.82) is 0 Å². The van der Waals surface area contributed by atoms with Crippen molar-refractivity contribution in [2.24, 2.45) is 10.8 Å². The third kappa shape index (κ3) is 6.62. The predicted molar refractivity (Wildman–Crippen MR) is 88.5 cm³/mol. The molecule has 0 amide bonds. The van der Waals surface area contributed by atoms with E-state index in [0.29, 0.717) is 5.75 Å². The molecule has 0 spiro atoms. The molecule has 19 heavy (non-hydrogen) atoms. The lowest BCUT2D eigenvalue weighted by molar-refractivity contribution is 0.446. The zero-order valence-corrected chi connectivity index (χ0v) is 14.5. The molecule has 0 saturated heterocycles. The van der Waals surface area contributed by atoms with Gasteiger partial charge in [-0.3, -0.25) is 0 Å². The van der Waals surface area contributed by atoms with Crippen molar-refractivity contribution in [1.82, 2.24) is 0 Å². The molecule has 0 aromatic heterocycles. The van der Waals surface area contributed by atoms with Gasteiger partial charge in [-0.15, -0.1) is 23.5 Å². The van der Waals surface area contributed by atoms with E-state index in [1.54, 1.807) is 23.5 Å². The Morgan fingerprint density at radius 2 is 1.21 bits per heavy atom. The molecule has 3 heteroatoms. The van der Waals surface area contributed by atoms with Crippen LogP contribution in [0.3, 0.4) is 0 Å². The normalized spacial score (nSPS) is 12.7. The van der Waals surface area contributed by atoms with Crippen molar-refractivity contribution in [3.05, 3.63) is 18.2 Å². The molecule has 1 nitrogen and oxygen atoms in total. The van der Waals surface area contributed by atoms with Gasteiger partial charge in [0, 0.05) is 11.5 Å². The maximum Gasteiger partial charge on any atom is 0.142 e. The van der Waals surface area contributed by atoms with Gasteiger partial charge in [0.2, 0.25) is 0 Å². The Morgan fingerprint density at radius 3 is 1.53 bits per heavy atom. The third-order valence-electron chi connectivity index (χ3n) is 2.28. The van der Waals surface area contributed by atoms with Gasteiger partial charge >= 0.3 is 0 Å². The van der Waals surface area contributed by atoms with Crippen molar-refractivity contribution in [3.63, 3.8) is 0 Å². The van der Waals surface area contributed by atoms with Crippen LogP contribution in [0.25, 0.3) is 0 Å². The zero-order chi connectivity index (χ0) is 14.7. The molecule has 1 aromatic rings. The Morgan fingerprint density at radius 1 is 0.842 bits per heavy atom. The van der Waals surface area contributed by atoms with E-state index in [1.807, 2.05) is 18.2 Å². The van der Waals surface area contributed by atoms with Gasteiger partial charge in [-0.2, -0.15) is 0 Å². The number of hydrogen-bond donors (Lipinski definition) is 1. The molecule has 0 saturated carbocycles. The Labute approximate surface area is 126 Å². The molecule has 0 aliphatic carbocycles. The van der Waals surface area contributed by atoms with Crippen LogP contribution >= 0.6 is 23.5 Å². The largest absolute Gasteiger partial charge is 0.506 e. The van der Waals surface area contributed by atoms with Crippen LogP contribution in [0.15, 0.2) is 28.0 Å². The smallest absolute Gasteiger partial charge is 0.142 e. The SMILES string of the molecule is CC(C)(C)CSc1cccc(SCC(C)(C)C)c1O. The molecular formula is C16H26OS2. The second-order valence-corrected chi connectivity index (χ2v) is 9.34. The van der Waals surface area contributed by atoms with Gasteiger partial charge in [0.25, 0.3) is 0 Å². The van der Waals surface area contributed by atoms with Crippen LogP contribution < -0.4 is 0 Å². The van der Waals surface area contributed by atoms with Crippen LogP contribution in [0.1, 0.15) is 41.5 Å². The number of phenolic OH excluding ortho intramolecular Hbond substituents is 1. The Kier molecular flexibility index (Phi) is 5.69. The lowest BCUT2D eigenvalue weighted by Crippen LogP contribution is -2.08. The molecule has 108 valence electrons. The van der Waals surface area contributed by atoms with Crippen LogP contribution in [0, 0.1) is 10.8 Å². The van der Waals surface area contributed by atoms with Gasteiger partial charge in [0.05, 0.1) is 9.79 Å². The van der Waals surface area contributed by atoms with Crippen molar-refractivity contribution in [2.75, 3.05) is 11.5 Å². The van der Waals surface area contributed by atoms with Crippen LogP contribution in [0.5, 0.6) is 5.75 Å². The standard InChI is InChI=1S/C16H26OS2/c1-15(2,3)10-18-12-8-7-9-13(14(12)17)19-11-16(4,5)6/h7-9,17H,10-11H2,1-6H3. The number of benzene rings is 1. The fourth-order valence-corrected chi connectivity index (χ4v) is 3.41. The lowest BCUT2D eigenvalue weighted by Gasteiger charge is -2.20. The minimum atomic E-state index is 0.270. The number of hydrogen-bond acceptors (Lipinski definition) is 3. The minimum Gasteiger partial charge on any atom is -0.506 e. The molecule has 0 bridgehead atoms. The first-order chi connectivity index (χ1) is 8.58. The number of thioether (sulfide) groups is 2. The van der Waals surface area contributed by atoms with Crippen molar-refractivity contribution < 1.29 is 5.11 Å². The van der Waals surface area contributed by atoms with E-state index in [-0.39, 0.29) is 10.8 Å². The molecule has 0 atom stereocenters. The highest BCUT2D eigenvalue weighted by atomic mass is 32.2. The van der Waals surface area contributed by atoms with Crippen LogP contribution in [0.4, 0.5) is 0 Å². The molecule has 0 aliphatic heterocycles. The van der Waals surface area contributed by atoms with E-state index in [2.05, 4.69) is 41.5 Å². The van der Waals surface area contributed by atoms with Gasteiger partial charge in [-0.1, -0.05) is 47.6 Å². The lowest BCUT2D eigenvalue weighted by atomic mass is 10.0. The van der Waals surface area contributed by atoms with Gasteiger partial charge < -0.3 is 5.11 Å². The van der Waals surface area contributed by atoms with Crippen LogP contribution in [0.2, 0.25) is 0 Å². The molecule has 0 radical (unpaired) electrons. The van der Waals surface area contributed by atoms with E-state index in [4.69, 9.17) is 0 Å². The first kappa shape index (κ1) is 16.8. The highest BCUT2D eigenvalue weighted by molar-refractivity contribution is 8.00. The van der Waals surface area contributed by atoms with Gasteiger partial charge in [-0.25, -0.2) is 0 Å². The number of rotatable bonds is 4. The summed E-state index contributed by atoms with van der Waals surface area (Å²) in [6, 6.07) is 6.05. The maximum absolute atomic E-state index is 10.3. The molecule has 0 fully saturated rings. The Balaban J connectivity index is 2.75. The van der Waals surface area contributed by atoms with E-state index >= 15 is 0 Å². The summed E-state index contributed by atoms with van der Waals surface area (Å²) in [5.74, 6) is 2.47. The zero-order valence-electron chi connectivity index (χ0n) is 12.9. The van der Waals surface area contributed by atoms with E-state index < -0.39 is 0 Å². The summed E-state index contributed by atoms with van der Waals surface area (Å²) in [5, 5.41) is 10.3. The van der Waals surface area contributed by atoms with Gasteiger partial charge in [0.15, 0.2) is 0 Å². The molecular weight excluding hydrogens is 272 g/mol. The topological polar surface area (TPSA) is 20.2 Å². The molecule has 1 rings (SSSR count). The molecule has 1 N–H and O–H groups in total. The number of para-hydroxylation sites is 1. The van der Waals surface area contributed by atoms with Crippen LogP contribution in [-0.4, -0.2) is 16.6 Å². The average molecular weight is 299 g/mol. The van der Waals surface area contributed by atoms with Crippen molar-refractivity contribution in [2.45, 2.75) is 51.3 Å². The summed E-state index contributed by atoms with van der Waals surface area (Å²) >= 11 is 3.48. The summed E-state index contributed by atoms with van der Waals surface area (Å²) in [5.41, 5.74) is 0.539. The molecule has 0 unspecified atom stereocenters. The fraction of sp³-hybridized carbons (Fsp3) is 0.625. The summed E-state index contributed by atoms with van der Waals surface area (Å²) in [7, 11) is 0. The fourth-order valence-electron chi connectivity index (χ4n) is 1.32. The summed E-state index contributed by atoms with van der Waals surface area (Å²) in [6.07, 6.45) is 0. The highest BCUT2D eigenvalue weighted by Crippen LogP contribution is 2.40. The van der Waals surface area contributed by atoms with Crippen molar-refractivity contribution in [3.8, 4) is 5.75 Å². The molecule has 0 aliphatic rings. The van der Waals surface area contributed by atoms with E-state index in [0.717, 1.165) is 21.3 Å². The minimum absolute atomic E-state index is 0.270. The maximum atomic E-state index is 10.3. The number of aromatic hydroxyl groups is 1. The Bertz CT molecular complexity index is 377. The first-order valence-electron chi connectivity index (χ1n) is 6.66. The first-order valence-corrected chi connectivity index (χ1v) is 8.63. The molecule has 0 heterocycles. The summed E-state index contributed by atoms with van der Waals surface area (Å²) in [6.45, 7) is 13.3. The second kappa shape index (κ2) is 6.45. The highest BCUT2D eigenvalue weighted by Gasteiger charge is 2.16. The second-order valence-electron chi connectivity index (χ2n) is 7.30. The third-order valence-corrected chi connectivity index (χ3v) is 5.58. The monoisotopic (exact) mass is 298 g/mol. The van der Waals surface area contributed by atoms with Crippen molar-refractivity contribution >= 4 is 23.5 Å². The van der Waals surface area contributed by atoms with E-state index in [1.165, 1.54) is 0 Å². The molecule has 1 aromatic carbocycles. The summed E-state index contributed by atoms with van der Waals surface area (Å²) < 4.78 is 0.